The third-order valence-corrected chi connectivity index (χ3v) is 6.08. The minimum Gasteiger partial charge on any atom is -0.322 e. The second-order valence-electron chi connectivity index (χ2n) is 7.31. The van der Waals surface area contributed by atoms with E-state index >= 15 is 0 Å². The number of pyridine rings is 2. The summed E-state index contributed by atoms with van der Waals surface area (Å²) in [5, 5.41) is 8.31. The molecule has 8 heteroatoms. The SMILES string of the molecule is Cc1cccc(-c2nn(CC(=O)Nc3ccccc3F)cc2-c2cc3cnccc3s2)n1. The molecule has 0 fully saturated rings. The molecule has 0 aliphatic carbocycles. The zero-order valence-corrected chi connectivity index (χ0v) is 17.9. The maximum Gasteiger partial charge on any atom is 0.246 e. The Morgan fingerprint density at radius 1 is 1.16 bits per heavy atom. The Kier molecular flexibility index (Phi) is 5.20. The molecule has 32 heavy (non-hydrogen) atoms. The summed E-state index contributed by atoms with van der Waals surface area (Å²) in [6.45, 7) is 1.87. The van der Waals surface area contributed by atoms with Crippen LogP contribution >= 0.6 is 11.3 Å². The van der Waals surface area contributed by atoms with Crippen LogP contribution in [0.15, 0.2) is 73.2 Å². The summed E-state index contributed by atoms with van der Waals surface area (Å²) >= 11 is 1.63. The number of benzene rings is 1. The van der Waals surface area contributed by atoms with Gasteiger partial charge in [-0.05, 0) is 43.3 Å². The molecule has 4 heterocycles. The molecule has 0 spiro atoms. The molecule has 4 aromatic heterocycles. The molecule has 5 rings (SSSR count). The lowest BCUT2D eigenvalue weighted by Crippen LogP contribution is -2.19. The van der Waals surface area contributed by atoms with Crippen molar-refractivity contribution in [2.24, 2.45) is 0 Å². The lowest BCUT2D eigenvalue weighted by Gasteiger charge is -2.06. The van der Waals surface area contributed by atoms with Crippen molar-refractivity contribution >= 4 is 33.0 Å². The van der Waals surface area contributed by atoms with E-state index in [9.17, 15) is 9.18 Å². The van der Waals surface area contributed by atoms with E-state index in [2.05, 4.69) is 26.4 Å². The number of anilines is 1. The molecular weight excluding hydrogens is 425 g/mol. The number of para-hydroxylation sites is 1. The summed E-state index contributed by atoms with van der Waals surface area (Å²) in [6, 6.07) is 15.9. The van der Waals surface area contributed by atoms with Crippen LogP contribution < -0.4 is 5.32 Å². The first kappa shape index (κ1) is 20.0. The molecule has 1 N–H and O–H groups in total. The molecule has 0 unspecified atom stereocenters. The fourth-order valence-electron chi connectivity index (χ4n) is 3.46. The average Bonchev–Trinajstić information content (AvgIpc) is 3.39. The minimum atomic E-state index is -0.481. The van der Waals surface area contributed by atoms with Crippen LogP contribution in [0.4, 0.5) is 10.1 Å². The number of aryl methyl sites for hydroxylation is 1. The van der Waals surface area contributed by atoms with Gasteiger partial charge in [-0.25, -0.2) is 4.39 Å². The topological polar surface area (TPSA) is 72.7 Å². The van der Waals surface area contributed by atoms with Gasteiger partial charge in [-0.15, -0.1) is 11.3 Å². The number of rotatable bonds is 5. The number of amides is 1. The quantitative estimate of drug-likeness (QED) is 0.400. The van der Waals surface area contributed by atoms with Gasteiger partial charge in [0.1, 0.15) is 18.1 Å². The number of nitrogens with zero attached hydrogens (tertiary/aromatic N) is 4. The molecule has 0 saturated heterocycles. The molecule has 0 radical (unpaired) electrons. The lowest BCUT2D eigenvalue weighted by molar-refractivity contribution is -0.116. The predicted molar refractivity (Wildman–Crippen MR) is 124 cm³/mol. The summed E-state index contributed by atoms with van der Waals surface area (Å²) < 4.78 is 16.6. The third kappa shape index (κ3) is 4.00. The number of nitrogens with one attached hydrogen (secondary N) is 1. The van der Waals surface area contributed by atoms with Crippen molar-refractivity contribution in [3.63, 3.8) is 0 Å². The number of carbonyl (C=O) groups is 1. The van der Waals surface area contributed by atoms with Crippen LogP contribution in [-0.2, 0) is 11.3 Å². The summed E-state index contributed by atoms with van der Waals surface area (Å²) in [5.74, 6) is -0.848. The van der Waals surface area contributed by atoms with Crippen molar-refractivity contribution in [1.82, 2.24) is 19.7 Å². The van der Waals surface area contributed by atoms with E-state index in [1.54, 1.807) is 34.3 Å². The Bertz CT molecular complexity index is 1410. The normalized spacial score (nSPS) is 11.1. The second kappa shape index (κ2) is 8.32. The van der Waals surface area contributed by atoms with Crippen molar-refractivity contribution in [1.29, 1.82) is 0 Å². The van der Waals surface area contributed by atoms with Crippen molar-refractivity contribution < 1.29 is 9.18 Å². The van der Waals surface area contributed by atoms with Crippen molar-refractivity contribution in [2.45, 2.75) is 13.5 Å². The molecule has 5 aromatic rings. The Labute approximate surface area is 187 Å². The van der Waals surface area contributed by atoms with Crippen LogP contribution in [0.2, 0.25) is 0 Å². The number of hydrogen-bond acceptors (Lipinski definition) is 5. The number of hydrogen-bond donors (Lipinski definition) is 1. The molecule has 158 valence electrons. The van der Waals surface area contributed by atoms with Crippen LogP contribution in [-0.4, -0.2) is 25.7 Å². The van der Waals surface area contributed by atoms with Crippen molar-refractivity contribution in [3.8, 4) is 21.8 Å². The fourth-order valence-corrected chi connectivity index (χ4v) is 4.50. The first-order chi connectivity index (χ1) is 15.6. The number of aromatic nitrogens is 4. The Morgan fingerprint density at radius 3 is 2.84 bits per heavy atom. The van der Waals surface area contributed by atoms with Gasteiger partial charge in [-0.1, -0.05) is 18.2 Å². The van der Waals surface area contributed by atoms with Gasteiger partial charge in [0, 0.05) is 44.8 Å². The van der Waals surface area contributed by atoms with Gasteiger partial charge in [0.15, 0.2) is 0 Å². The van der Waals surface area contributed by atoms with Gasteiger partial charge in [0.05, 0.1) is 11.4 Å². The zero-order valence-electron chi connectivity index (χ0n) is 17.1. The van der Waals surface area contributed by atoms with Crippen molar-refractivity contribution in [2.75, 3.05) is 5.32 Å². The van der Waals surface area contributed by atoms with Gasteiger partial charge in [0.25, 0.3) is 0 Å². The Morgan fingerprint density at radius 2 is 2.03 bits per heavy atom. The van der Waals surface area contributed by atoms with E-state index in [4.69, 9.17) is 0 Å². The molecule has 0 bridgehead atoms. The highest BCUT2D eigenvalue weighted by Crippen LogP contribution is 2.37. The monoisotopic (exact) mass is 443 g/mol. The maximum atomic E-state index is 13.9. The van der Waals surface area contributed by atoms with E-state index in [1.807, 2.05) is 43.6 Å². The van der Waals surface area contributed by atoms with Crippen LogP contribution in [0.25, 0.3) is 31.9 Å². The fraction of sp³-hybridized carbons (Fsp3) is 0.0833. The molecular formula is C24H18FN5OS. The number of halogens is 1. The van der Waals surface area contributed by atoms with Crippen LogP contribution in [0.3, 0.4) is 0 Å². The third-order valence-electron chi connectivity index (χ3n) is 4.93. The van der Waals surface area contributed by atoms with E-state index in [0.717, 1.165) is 31.9 Å². The van der Waals surface area contributed by atoms with Gasteiger partial charge < -0.3 is 5.32 Å². The predicted octanol–water partition coefficient (Wildman–Crippen LogP) is 5.31. The zero-order chi connectivity index (χ0) is 22.1. The number of thiophene rings is 1. The van der Waals surface area contributed by atoms with Crippen molar-refractivity contribution in [3.05, 3.63) is 84.7 Å². The highest BCUT2D eigenvalue weighted by atomic mass is 32.1. The summed E-state index contributed by atoms with van der Waals surface area (Å²) in [4.78, 5) is 22.4. The van der Waals surface area contributed by atoms with Gasteiger partial charge in [-0.2, -0.15) is 5.10 Å². The standard InChI is InChI=1S/C24H18FN5OS/c1-15-5-4-8-20(27-15)24-17(22-11-16-12-26-10-9-21(16)32-22)13-30(29-24)14-23(31)28-19-7-3-2-6-18(19)25/h2-13H,14H2,1H3,(H,28,31). The summed E-state index contributed by atoms with van der Waals surface area (Å²) in [6.07, 6.45) is 5.42. The second-order valence-corrected chi connectivity index (χ2v) is 8.39. The smallest absolute Gasteiger partial charge is 0.246 e. The highest BCUT2D eigenvalue weighted by molar-refractivity contribution is 7.22. The van der Waals surface area contributed by atoms with Crippen LogP contribution in [0.5, 0.6) is 0 Å². The first-order valence-electron chi connectivity index (χ1n) is 9.96. The molecule has 0 aliphatic heterocycles. The summed E-state index contributed by atoms with van der Waals surface area (Å²) in [7, 11) is 0. The molecule has 6 nitrogen and oxygen atoms in total. The highest BCUT2D eigenvalue weighted by Gasteiger charge is 2.18. The van der Waals surface area contributed by atoms with Gasteiger partial charge >= 0.3 is 0 Å². The summed E-state index contributed by atoms with van der Waals surface area (Å²) in [5.41, 5.74) is 3.31. The lowest BCUT2D eigenvalue weighted by atomic mass is 10.1. The average molecular weight is 444 g/mol. The van der Waals surface area contributed by atoms with Crippen LogP contribution in [0, 0.1) is 12.7 Å². The number of fused-ring (bicyclic) bond motifs is 1. The van der Waals surface area contributed by atoms with Gasteiger partial charge in [0.2, 0.25) is 5.91 Å². The minimum absolute atomic E-state index is 0.0560. The number of carbonyl (C=O) groups excluding carboxylic acids is 1. The molecule has 0 aliphatic rings. The molecule has 1 aromatic carbocycles. The maximum absolute atomic E-state index is 13.9. The van der Waals surface area contributed by atoms with Gasteiger partial charge in [-0.3, -0.25) is 19.4 Å². The van der Waals surface area contributed by atoms with Crippen LogP contribution in [0.1, 0.15) is 5.69 Å². The largest absolute Gasteiger partial charge is 0.322 e. The molecule has 0 atom stereocenters. The molecule has 0 saturated carbocycles. The Hall–Kier alpha value is -3.91. The van der Waals surface area contributed by atoms with E-state index < -0.39 is 5.82 Å². The van der Waals surface area contributed by atoms with E-state index in [0.29, 0.717) is 5.69 Å². The molecule has 1 amide bonds. The Balaban J connectivity index is 1.52. The van der Waals surface area contributed by atoms with E-state index in [-0.39, 0.29) is 18.1 Å². The first-order valence-corrected chi connectivity index (χ1v) is 10.8. The van der Waals surface area contributed by atoms with E-state index in [1.165, 1.54) is 12.1 Å².